The molecular formula is C12H16O. The van der Waals surface area contributed by atoms with Gasteiger partial charge in [0.2, 0.25) is 0 Å². The molecular weight excluding hydrogens is 160 g/mol. The van der Waals surface area contributed by atoms with Crippen LogP contribution >= 0.6 is 0 Å². The van der Waals surface area contributed by atoms with Gasteiger partial charge in [-0.25, -0.2) is 0 Å². The SMILES string of the molecule is CC=C(C)c1coc(C2CC2)c1C. The lowest BCUT2D eigenvalue weighted by atomic mass is 10.0. The van der Waals surface area contributed by atoms with Crippen LogP contribution in [0.5, 0.6) is 0 Å². The Balaban J connectivity index is 2.37. The molecule has 0 atom stereocenters. The first-order valence-electron chi connectivity index (χ1n) is 4.95. The van der Waals surface area contributed by atoms with Gasteiger partial charge in [0, 0.05) is 11.5 Å². The summed E-state index contributed by atoms with van der Waals surface area (Å²) in [6, 6.07) is 0. The smallest absolute Gasteiger partial charge is 0.110 e. The summed E-state index contributed by atoms with van der Waals surface area (Å²) < 4.78 is 5.60. The minimum absolute atomic E-state index is 0.721. The molecule has 1 aliphatic carbocycles. The lowest BCUT2D eigenvalue weighted by molar-refractivity contribution is 0.509. The molecule has 70 valence electrons. The second kappa shape index (κ2) is 3.06. The third-order valence-corrected chi connectivity index (χ3v) is 2.88. The second-order valence-electron chi connectivity index (χ2n) is 3.88. The second-order valence-corrected chi connectivity index (χ2v) is 3.88. The van der Waals surface area contributed by atoms with Gasteiger partial charge < -0.3 is 4.42 Å². The molecule has 0 bridgehead atoms. The zero-order chi connectivity index (χ0) is 9.42. The van der Waals surface area contributed by atoms with Crippen molar-refractivity contribution < 1.29 is 4.42 Å². The van der Waals surface area contributed by atoms with Crippen molar-refractivity contribution >= 4 is 5.57 Å². The third-order valence-electron chi connectivity index (χ3n) is 2.88. The molecule has 0 aliphatic heterocycles. The summed E-state index contributed by atoms with van der Waals surface area (Å²) in [5.41, 5.74) is 3.94. The summed E-state index contributed by atoms with van der Waals surface area (Å²) in [5.74, 6) is 1.94. The fourth-order valence-corrected chi connectivity index (χ4v) is 1.72. The summed E-state index contributed by atoms with van der Waals surface area (Å²) in [5, 5.41) is 0. The number of hydrogen-bond acceptors (Lipinski definition) is 1. The van der Waals surface area contributed by atoms with Gasteiger partial charge in [0.15, 0.2) is 0 Å². The summed E-state index contributed by atoms with van der Waals surface area (Å²) in [6.45, 7) is 6.37. The van der Waals surface area contributed by atoms with E-state index in [4.69, 9.17) is 4.42 Å². The van der Waals surface area contributed by atoms with Crippen molar-refractivity contribution in [2.75, 3.05) is 0 Å². The van der Waals surface area contributed by atoms with Gasteiger partial charge in [-0.15, -0.1) is 0 Å². The van der Waals surface area contributed by atoms with Crippen molar-refractivity contribution in [1.29, 1.82) is 0 Å². The van der Waals surface area contributed by atoms with E-state index in [-0.39, 0.29) is 0 Å². The Morgan fingerprint density at radius 3 is 2.77 bits per heavy atom. The van der Waals surface area contributed by atoms with Crippen LogP contribution in [0.2, 0.25) is 0 Å². The molecule has 0 unspecified atom stereocenters. The van der Waals surface area contributed by atoms with Crippen LogP contribution in [0, 0.1) is 6.92 Å². The van der Waals surface area contributed by atoms with Crippen LogP contribution in [-0.2, 0) is 0 Å². The molecule has 0 saturated heterocycles. The highest BCUT2D eigenvalue weighted by atomic mass is 16.3. The molecule has 0 spiro atoms. The van der Waals surface area contributed by atoms with Crippen LogP contribution in [0.25, 0.3) is 5.57 Å². The standard InChI is InChI=1S/C12H16O/c1-4-8(2)11-7-13-12(9(11)3)10-5-6-10/h4,7,10H,5-6H2,1-3H3. The first-order chi connectivity index (χ1) is 6.24. The Morgan fingerprint density at radius 2 is 2.23 bits per heavy atom. The van der Waals surface area contributed by atoms with E-state index in [0.29, 0.717) is 0 Å². The van der Waals surface area contributed by atoms with Gasteiger partial charge in [0.1, 0.15) is 5.76 Å². The Labute approximate surface area is 79.4 Å². The molecule has 0 radical (unpaired) electrons. The predicted molar refractivity (Wildman–Crippen MR) is 54.7 cm³/mol. The Bertz CT molecular complexity index is 340. The monoisotopic (exact) mass is 176 g/mol. The maximum Gasteiger partial charge on any atom is 0.110 e. The van der Waals surface area contributed by atoms with E-state index in [1.54, 1.807) is 0 Å². The van der Waals surface area contributed by atoms with Crippen LogP contribution in [0.3, 0.4) is 0 Å². The molecule has 1 saturated carbocycles. The minimum Gasteiger partial charge on any atom is -0.468 e. The molecule has 1 aromatic heterocycles. The zero-order valence-corrected chi connectivity index (χ0v) is 8.55. The Kier molecular flexibility index (Phi) is 2.03. The third kappa shape index (κ3) is 1.43. The van der Waals surface area contributed by atoms with Gasteiger partial charge in [-0.05, 0) is 44.7 Å². The molecule has 13 heavy (non-hydrogen) atoms. The average Bonchev–Trinajstić information content (AvgIpc) is 2.90. The fraction of sp³-hybridized carbons (Fsp3) is 0.500. The highest BCUT2D eigenvalue weighted by Crippen LogP contribution is 2.43. The number of hydrogen-bond donors (Lipinski definition) is 0. The van der Waals surface area contributed by atoms with Crippen LogP contribution in [-0.4, -0.2) is 0 Å². The fourth-order valence-electron chi connectivity index (χ4n) is 1.72. The van der Waals surface area contributed by atoms with Crippen LogP contribution in [0.1, 0.15) is 49.5 Å². The molecule has 0 N–H and O–H groups in total. The molecule has 1 heterocycles. The Hall–Kier alpha value is -0.980. The van der Waals surface area contributed by atoms with Gasteiger partial charge in [-0.3, -0.25) is 0 Å². The van der Waals surface area contributed by atoms with E-state index >= 15 is 0 Å². The maximum absolute atomic E-state index is 5.60. The highest BCUT2D eigenvalue weighted by molar-refractivity contribution is 5.66. The summed E-state index contributed by atoms with van der Waals surface area (Å²) in [6.07, 6.45) is 6.65. The van der Waals surface area contributed by atoms with Crippen molar-refractivity contribution in [2.24, 2.45) is 0 Å². The number of allylic oxidation sites excluding steroid dienone is 2. The van der Waals surface area contributed by atoms with Crippen molar-refractivity contribution in [3.8, 4) is 0 Å². The predicted octanol–water partition coefficient (Wildman–Crippen LogP) is 3.89. The summed E-state index contributed by atoms with van der Waals surface area (Å²) in [4.78, 5) is 0. The lowest BCUT2D eigenvalue weighted by Gasteiger charge is -1.98. The molecule has 1 nitrogen and oxygen atoms in total. The molecule has 2 rings (SSSR count). The minimum atomic E-state index is 0.721. The molecule has 0 aromatic carbocycles. The van der Waals surface area contributed by atoms with Crippen LogP contribution < -0.4 is 0 Å². The maximum atomic E-state index is 5.60. The van der Waals surface area contributed by atoms with Crippen LogP contribution in [0.4, 0.5) is 0 Å². The van der Waals surface area contributed by atoms with E-state index < -0.39 is 0 Å². The van der Waals surface area contributed by atoms with Crippen molar-refractivity contribution in [2.45, 2.75) is 39.5 Å². The van der Waals surface area contributed by atoms with E-state index in [2.05, 4.69) is 26.8 Å². The first kappa shape index (κ1) is 8.61. The molecule has 1 aromatic rings. The molecule has 1 aliphatic rings. The van der Waals surface area contributed by atoms with Crippen LogP contribution in [0.15, 0.2) is 16.8 Å². The largest absolute Gasteiger partial charge is 0.468 e. The van der Waals surface area contributed by atoms with Crippen molar-refractivity contribution in [3.05, 3.63) is 29.2 Å². The summed E-state index contributed by atoms with van der Waals surface area (Å²) in [7, 11) is 0. The van der Waals surface area contributed by atoms with Gasteiger partial charge in [-0.1, -0.05) is 6.08 Å². The van der Waals surface area contributed by atoms with Gasteiger partial charge in [0.25, 0.3) is 0 Å². The Morgan fingerprint density at radius 1 is 1.54 bits per heavy atom. The molecule has 1 heteroatoms. The number of rotatable bonds is 2. The molecule has 0 amide bonds. The van der Waals surface area contributed by atoms with Crippen molar-refractivity contribution in [3.63, 3.8) is 0 Å². The quantitative estimate of drug-likeness (QED) is 0.666. The zero-order valence-electron chi connectivity index (χ0n) is 8.55. The first-order valence-corrected chi connectivity index (χ1v) is 4.95. The van der Waals surface area contributed by atoms with Gasteiger partial charge in [0.05, 0.1) is 6.26 Å². The van der Waals surface area contributed by atoms with E-state index in [1.165, 1.54) is 35.3 Å². The van der Waals surface area contributed by atoms with E-state index in [0.717, 1.165) is 5.92 Å². The summed E-state index contributed by atoms with van der Waals surface area (Å²) >= 11 is 0. The topological polar surface area (TPSA) is 13.1 Å². The average molecular weight is 176 g/mol. The lowest BCUT2D eigenvalue weighted by Crippen LogP contribution is -1.82. The number of furan rings is 1. The normalized spacial score (nSPS) is 17.9. The van der Waals surface area contributed by atoms with E-state index in [1.807, 2.05) is 6.26 Å². The highest BCUT2D eigenvalue weighted by Gasteiger charge is 2.29. The van der Waals surface area contributed by atoms with E-state index in [9.17, 15) is 0 Å². The van der Waals surface area contributed by atoms with Crippen molar-refractivity contribution in [1.82, 2.24) is 0 Å². The molecule has 1 fully saturated rings. The van der Waals surface area contributed by atoms with Gasteiger partial charge in [-0.2, -0.15) is 0 Å². The van der Waals surface area contributed by atoms with Gasteiger partial charge >= 0.3 is 0 Å².